The number of hydrogen-bond donors (Lipinski definition) is 1. The quantitative estimate of drug-likeness (QED) is 0.301. The molecule has 1 heteroatoms. The summed E-state index contributed by atoms with van der Waals surface area (Å²) in [4.78, 5) is 0. The maximum atomic E-state index is 6.35. The molecule has 0 unspecified atom stereocenters. The molecular formula is C28H27N. The summed E-state index contributed by atoms with van der Waals surface area (Å²) in [7, 11) is 0. The van der Waals surface area contributed by atoms with Crippen molar-refractivity contribution in [2.75, 3.05) is 5.73 Å². The van der Waals surface area contributed by atoms with Gasteiger partial charge in [-0.2, -0.15) is 0 Å². The Bertz CT molecular complexity index is 970. The van der Waals surface area contributed by atoms with E-state index in [1.54, 1.807) is 0 Å². The fourth-order valence-corrected chi connectivity index (χ4v) is 4.37. The van der Waals surface area contributed by atoms with Crippen molar-refractivity contribution in [3.8, 4) is 0 Å². The summed E-state index contributed by atoms with van der Waals surface area (Å²) in [6.07, 6.45) is 0. The second-order valence-corrected chi connectivity index (χ2v) is 7.85. The van der Waals surface area contributed by atoms with Gasteiger partial charge in [-0.15, -0.1) is 0 Å². The normalized spacial score (nSPS) is 11.6. The van der Waals surface area contributed by atoms with Crippen molar-refractivity contribution in [1.82, 2.24) is 0 Å². The predicted octanol–water partition coefficient (Wildman–Crippen LogP) is 6.77. The van der Waals surface area contributed by atoms with Crippen LogP contribution in [-0.4, -0.2) is 0 Å². The van der Waals surface area contributed by atoms with Gasteiger partial charge in [0.15, 0.2) is 0 Å². The minimum Gasteiger partial charge on any atom is -0.398 e. The second kappa shape index (κ2) is 7.97. The molecule has 0 saturated heterocycles. The summed E-state index contributed by atoms with van der Waals surface area (Å²) in [5.41, 5.74) is 13.0. The van der Waals surface area contributed by atoms with E-state index in [0.717, 1.165) is 5.69 Å². The monoisotopic (exact) mass is 377 g/mol. The Morgan fingerprint density at radius 1 is 0.552 bits per heavy atom. The van der Waals surface area contributed by atoms with Crippen molar-refractivity contribution in [1.29, 1.82) is 0 Å². The van der Waals surface area contributed by atoms with E-state index in [9.17, 15) is 0 Å². The number of benzene rings is 4. The van der Waals surface area contributed by atoms with Crippen LogP contribution in [0.5, 0.6) is 0 Å². The molecule has 0 bridgehead atoms. The molecule has 144 valence electrons. The molecule has 29 heavy (non-hydrogen) atoms. The molecule has 0 atom stereocenters. The summed E-state index contributed by atoms with van der Waals surface area (Å²) in [6, 6.07) is 38.9. The minimum atomic E-state index is -0.416. The second-order valence-electron chi connectivity index (χ2n) is 7.85. The van der Waals surface area contributed by atoms with Gasteiger partial charge in [-0.05, 0) is 39.8 Å². The van der Waals surface area contributed by atoms with Crippen molar-refractivity contribution in [3.05, 3.63) is 137 Å². The van der Waals surface area contributed by atoms with E-state index >= 15 is 0 Å². The molecular weight excluding hydrogens is 350 g/mol. The fourth-order valence-electron chi connectivity index (χ4n) is 4.37. The largest absolute Gasteiger partial charge is 0.398 e. The van der Waals surface area contributed by atoms with Crippen molar-refractivity contribution in [3.63, 3.8) is 0 Å². The Labute approximate surface area is 173 Å². The van der Waals surface area contributed by atoms with E-state index in [2.05, 4.69) is 123 Å². The molecule has 0 aliphatic rings. The molecule has 1 nitrogen and oxygen atoms in total. The molecule has 0 amide bonds. The molecule has 4 aromatic carbocycles. The summed E-state index contributed by atoms with van der Waals surface area (Å²) in [5, 5.41) is 0. The van der Waals surface area contributed by atoms with Gasteiger partial charge in [0.25, 0.3) is 0 Å². The zero-order valence-electron chi connectivity index (χ0n) is 17.0. The summed E-state index contributed by atoms with van der Waals surface area (Å²) >= 11 is 0. The first-order valence-corrected chi connectivity index (χ1v) is 10.2. The van der Waals surface area contributed by atoms with E-state index in [-0.39, 0.29) is 0 Å². The molecule has 0 spiro atoms. The van der Waals surface area contributed by atoms with Crippen LogP contribution in [-0.2, 0) is 5.41 Å². The van der Waals surface area contributed by atoms with Gasteiger partial charge in [0.1, 0.15) is 0 Å². The molecule has 0 aliphatic heterocycles. The summed E-state index contributed by atoms with van der Waals surface area (Å²) in [6.45, 7) is 4.40. The summed E-state index contributed by atoms with van der Waals surface area (Å²) < 4.78 is 0. The van der Waals surface area contributed by atoms with Crippen LogP contribution in [0.4, 0.5) is 5.69 Å². The first kappa shape index (κ1) is 19.0. The molecule has 0 aliphatic carbocycles. The number of rotatable bonds is 5. The van der Waals surface area contributed by atoms with Crippen molar-refractivity contribution in [2.45, 2.75) is 25.2 Å². The topological polar surface area (TPSA) is 26.0 Å². The zero-order valence-corrected chi connectivity index (χ0v) is 17.0. The van der Waals surface area contributed by atoms with Crippen molar-refractivity contribution >= 4 is 5.69 Å². The Kier molecular flexibility index (Phi) is 5.22. The number of nitrogens with two attached hydrogens (primary N) is 1. The molecule has 4 rings (SSSR count). The van der Waals surface area contributed by atoms with Crippen LogP contribution in [0.3, 0.4) is 0 Å². The average Bonchev–Trinajstić information content (AvgIpc) is 2.77. The molecule has 0 radical (unpaired) electrons. The van der Waals surface area contributed by atoms with Gasteiger partial charge in [-0.25, -0.2) is 0 Å². The Morgan fingerprint density at radius 3 is 1.34 bits per heavy atom. The van der Waals surface area contributed by atoms with E-state index in [4.69, 9.17) is 5.73 Å². The van der Waals surface area contributed by atoms with Crippen molar-refractivity contribution < 1.29 is 0 Å². The van der Waals surface area contributed by atoms with Crippen LogP contribution in [0, 0.1) is 0 Å². The van der Waals surface area contributed by atoms with Crippen LogP contribution in [0.15, 0.2) is 109 Å². The van der Waals surface area contributed by atoms with Gasteiger partial charge in [0.2, 0.25) is 0 Å². The van der Waals surface area contributed by atoms with Gasteiger partial charge in [-0.3, -0.25) is 0 Å². The average molecular weight is 378 g/mol. The molecule has 4 aromatic rings. The van der Waals surface area contributed by atoms with Gasteiger partial charge >= 0.3 is 0 Å². The van der Waals surface area contributed by atoms with Gasteiger partial charge in [0, 0.05) is 5.69 Å². The van der Waals surface area contributed by atoms with Gasteiger partial charge < -0.3 is 5.73 Å². The third-order valence-electron chi connectivity index (χ3n) is 5.76. The lowest BCUT2D eigenvalue weighted by Gasteiger charge is -2.37. The first-order chi connectivity index (χ1) is 14.1. The maximum Gasteiger partial charge on any atom is 0.0701 e. The lowest BCUT2D eigenvalue weighted by molar-refractivity contribution is 0.739. The highest BCUT2D eigenvalue weighted by Crippen LogP contribution is 2.46. The predicted molar refractivity (Wildman–Crippen MR) is 123 cm³/mol. The zero-order chi connectivity index (χ0) is 20.3. The van der Waals surface area contributed by atoms with Crippen LogP contribution in [0.25, 0.3) is 0 Å². The van der Waals surface area contributed by atoms with E-state index in [1.165, 1.54) is 27.8 Å². The Morgan fingerprint density at radius 2 is 0.966 bits per heavy atom. The number of hydrogen-bond acceptors (Lipinski definition) is 1. The van der Waals surface area contributed by atoms with Crippen LogP contribution in [0.2, 0.25) is 0 Å². The van der Waals surface area contributed by atoms with Crippen LogP contribution in [0.1, 0.15) is 47.6 Å². The van der Waals surface area contributed by atoms with Gasteiger partial charge in [0.05, 0.1) is 5.41 Å². The standard InChI is InChI=1S/C28H27N/c1-21(2)26-20-25(18-19-27(26)29)28(22-12-6-3-7-13-22,23-14-8-4-9-15-23)24-16-10-5-11-17-24/h3-21H,29H2,1-2H3. The molecule has 0 fully saturated rings. The van der Waals surface area contributed by atoms with Crippen LogP contribution >= 0.6 is 0 Å². The molecule has 0 heterocycles. The smallest absolute Gasteiger partial charge is 0.0701 e. The van der Waals surface area contributed by atoms with Crippen LogP contribution < -0.4 is 5.73 Å². The highest BCUT2D eigenvalue weighted by Gasteiger charge is 2.38. The lowest BCUT2D eigenvalue weighted by atomic mass is 9.64. The van der Waals surface area contributed by atoms with E-state index < -0.39 is 5.41 Å². The third-order valence-corrected chi connectivity index (χ3v) is 5.76. The van der Waals surface area contributed by atoms with Gasteiger partial charge in [-0.1, -0.05) is 117 Å². The first-order valence-electron chi connectivity index (χ1n) is 10.2. The SMILES string of the molecule is CC(C)c1cc(C(c2ccccc2)(c2ccccc2)c2ccccc2)ccc1N. The number of anilines is 1. The Hall–Kier alpha value is -3.32. The lowest BCUT2D eigenvalue weighted by Crippen LogP contribution is -2.31. The highest BCUT2D eigenvalue weighted by atomic mass is 14.6. The van der Waals surface area contributed by atoms with Crippen molar-refractivity contribution in [2.24, 2.45) is 0 Å². The summed E-state index contributed by atoms with van der Waals surface area (Å²) in [5.74, 6) is 0.356. The maximum absolute atomic E-state index is 6.35. The molecule has 0 aromatic heterocycles. The molecule has 0 saturated carbocycles. The Balaban J connectivity index is 2.13. The van der Waals surface area contributed by atoms with E-state index in [1.807, 2.05) is 0 Å². The highest BCUT2D eigenvalue weighted by molar-refractivity contribution is 5.62. The molecule has 2 N–H and O–H groups in total. The van der Waals surface area contributed by atoms with E-state index in [0.29, 0.717) is 5.92 Å². The number of nitrogen functional groups attached to an aromatic ring is 1. The third kappa shape index (κ3) is 3.34. The minimum absolute atomic E-state index is 0.356. The fraction of sp³-hybridized carbons (Fsp3) is 0.143.